The van der Waals surface area contributed by atoms with Crippen LogP contribution in [-0.4, -0.2) is 13.1 Å². The molecule has 3 N–H and O–H groups in total. The maximum atomic E-state index is 13.5. The van der Waals surface area contributed by atoms with Gasteiger partial charge < -0.3 is 11.1 Å². The summed E-state index contributed by atoms with van der Waals surface area (Å²) in [5.74, 6) is -0.0899. The Kier molecular flexibility index (Phi) is 5.91. The smallest absolute Gasteiger partial charge is 0.405 e. The van der Waals surface area contributed by atoms with Crippen LogP contribution in [0.2, 0.25) is 0 Å². The fourth-order valence-corrected chi connectivity index (χ4v) is 3.48. The van der Waals surface area contributed by atoms with Gasteiger partial charge in [-0.2, -0.15) is 13.2 Å². The van der Waals surface area contributed by atoms with E-state index in [1.54, 1.807) is 0 Å². The molecule has 0 aromatic heterocycles. The number of alkyl halides is 3. The Morgan fingerprint density at radius 2 is 1.96 bits per heavy atom. The van der Waals surface area contributed by atoms with Crippen molar-refractivity contribution in [1.29, 1.82) is 0 Å². The van der Waals surface area contributed by atoms with Crippen molar-refractivity contribution in [3.8, 4) is 0 Å². The normalized spacial score (nSPS) is 23.5. The van der Waals surface area contributed by atoms with E-state index in [1.807, 2.05) is 0 Å². The second-order valence-corrected chi connectivity index (χ2v) is 6.83. The first kappa shape index (κ1) is 18.8. The predicted octanol–water partition coefficient (Wildman–Crippen LogP) is 4.26. The van der Waals surface area contributed by atoms with Crippen molar-refractivity contribution in [2.24, 2.45) is 17.1 Å². The SMILES string of the molecule is C=CN.Fc1cc(CC2(CC3CC3)CCNC2)cc(C(F)(F)F)c1. The quantitative estimate of drug-likeness (QED) is 0.801. The molecule has 1 aliphatic heterocycles. The molecule has 1 heterocycles. The molecule has 2 fully saturated rings. The summed E-state index contributed by atoms with van der Waals surface area (Å²) in [6.45, 7) is 4.86. The number of benzene rings is 1. The van der Waals surface area contributed by atoms with Crippen LogP contribution < -0.4 is 11.1 Å². The third-order valence-corrected chi connectivity index (χ3v) is 4.61. The minimum Gasteiger partial charge on any atom is -0.405 e. The van der Waals surface area contributed by atoms with E-state index in [9.17, 15) is 17.6 Å². The Morgan fingerprint density at radius 3 is 2.46 bits per heavy atom. The average Bonchev–Trinajstić information content (AvgIpc) is 3.15. The molecule has 1 unspecified atom stereocenters. The summed E-state index contributed by atoms with van der Waals surface area (Å²) in [7, 11) is 0. The minimum absolute atomic E-state index is 0.00215. The van der Waals surface area contributed by atoms with Crippen LogP contribution in [0.15, 0.2) is 31.0 Å². The average molecular weight is 344 g/mol. The van der Waals surface area contributed by atoms with Crippen LogP contribution in [0.4, 0.5) is 17.6 Å². The monoisotopic (exact) mass is 344 g/mol. The van der Waals surface area contributed by atoms with E-state index >= 15 is 0 Å². The Bertz CT molecular complexity index is 559. The number of hydrogen-bond donors (Lipinski definition) is 2. The first-order valence-corrected chi connectivity index (χ1v) is 8.18. The first-order chi connectivity index (χ1) is 11.3. The van der Waals surface area contributed by atoms with E-state index in [0.29, 0.717) is 24.0 Å². The lowest BCUT2D eigenvalue weighted by atomic mass is 9.76. The van der Waals surface area contributed by atoms with Crippen LogP contribution >= 0.6 is 0 Å². The lowest BCUT2D eigenvalue weighted by molar-refractivity contribution is -0.137. The topological polar surface area (TPSA) is 38.0 Å². The zero-order valence-corrected chi connectivity index (χ0v) is 13.6. The van der Waals surface area contributed by atoms with Gasteiger partial charge in [-0.1, -0.05) is 19.4 Å². The van der Waals surface area contributed by atoms with Crippen molar-refractivity contribution in [2.45, 2.75) is 38.3 Å². The van der Waals surface area contributed by atoms with E-state index in [4.69, 9.17) is 0 Å². The maximum Gasteiger partial charge on any atom is 0.416 e. The van der Waals surface area contributed by atoms with E-state index < -0.39 is 17.6 Å². The summed E-state index contributed by atoms with van der Waals surface area (Å²) in [4.78, 5) is 0. The molecule has 6 heteroatoms. The maximum absolute atomic E-state index is 13.5. The van der Waals surface area contributed by atoms with Crippen LogP contribution in [0.25, 0.3) is 0 Å². The lowest BCUT2D eigenvalue weighted by Crippen LogP contribution is -2.27. The van der Waals surface area contributed by atoms with Gasteiger partial charge in [0, 0.05) is 6.54 Å². The summed E-state index contributed by atoms with van der Waals surface area (Å²) < 4.78 is 51.9. The Morgan fingerprint density at radius 1 is 1.29 bits per heavy atom. The van der Waals surface area contributed by atoms with Crippen molar-refractivity contribution in [2.75, 3.05) is 13.1 Å². The Hall–Kier alpha value is -1.56. The molecule has 1 aromatic carbocycles. The highest BCUT2D eigenvalue weighted by atomic mass is 19.4. The molecule has 1 saturated heterocycles. The molecule has 0 bridgehead atoms. The summed E-state index contributed by atoms with van der Waals surface area (Å²) in [6, 6.07) is 2.93. The first-order valence-electron chi connectivity index (χ1n) is 8.18. The van der Waals surface area contributed by atoms with Gasteiger partial charge in [-0.05, 0) is 67.1 Å². The standard InChI is InChI=1S/C16H19F4N.C2H5N/c17-14-6-12(5-13(7-14)16(18,19)20)9-15(3-4-21-10-15)8-11-1-2-11;1-2-3/h5-7,11,21H,1-4,8-10H2;2H,1,3H2. The molecule has 0 amide bonds. The van der Waals surface area contributed by atoms with Gasteiger partial charge in [0.1, 0.15) is 5.82 Å². The van der Waals surface area contributed by atoms with Crippen molar-refractivity contribution < 1.29 is 17.6 Å². The third-order valence-electron chi connectivity index (χ3n) is 4.61. The van der Waals surface area contributed by atoms with E-state index in [2.05, 4.69) is 17.6 Å². The summed E-state index contributed by atoms with van der Waals surface area (Å²) >= 11 is 0. The van der Waals surface area contributed by atoms with Gasteiger partial charge in [0.05, 0.1) is 5.56 Å². The highest BCUT2D eigenvalue weighted by Crippen LogP contribution is 2.45. The second kappa shape index (κ2) is 7.55. The molecular formula is C18H24F4N2. The predicted molar refractivity (Wildman–Crippen MR) is 86.8 cm³/mol. The van der Waals surface area contributed by atoms with Gasteiger partial charge in [-0.15, -0.1) is 0 Å². The highest BCUT2D eigenvalue weighted by Gasteiger charge is 2.40. The molecule has 1 aromatic rings. The van der Waals surface area contributed by atoms with Crippen LogP contribution in [-0.2, 0) is 12.6 Å². The zero-order valence-electron chi connectivity index (χ0n) is 13.6. The zero-order chi connectivity index (χ0) is 17.8. The fourth-order valence-electron chi connectivity index (χ4n) is 3.48. The van der Waals surface area contributed by atoms with Crippen molar-refractivity contribution in [3.05, 3.63) is 47.9 Å². The molecule has 24 heavy (non-hydrogen) atoms. The van der Waals surface area contributed by atoms with Crippen LogP contribution in [0.1, 0.15) is 36.8 Å². The van der Waals surface area contributed by atoms with Gasteiger partial charge in [0.2, 0.25) is 0 Å². The lowest BCUT2D eigenvalue weighted by Gasteiger charge is -2.29. The summed E-state index contributed by atoms with van der Waals surface area (Å²) in [5, 5.41) is 3.31. The molecule has 1 atom stereocenters. The highest BCUT2D eigenvalue weighted by molar-refractivity contribution is 5.28. The van der Waals surface area contributed by atoms with Gasteiger partial charge in [0.25, 0.3) is 0 Å². The molecule has 2 aliphatic rings. The molecule has 3 rings (SSSR count). The summed E-state index contributed by atoms with van der Waals surface area (Å²) in [6.07, 6.45) is 1.72. The van der Waals surface area contributed by atoms with Crippen molar-refractivity contribution in [3.63, 3.8) is 0 Å². The van der Waals surface area contributed by atoms with Gasteiger partial charge in [-0.3, -0.25) is 0 Å². The third kappa shape index (κ3) is 5.23. The minimum atomic E-state index is -4.49. The molecule has 0 spiro atoms. The van der Waals surface area contributed by atoms with Crippen molar-refractivity contribution >= 4 is 0 Å². The number of nitrogens with two attached hydrogens (primary N) is 1. The summed E-state index contributed by atoms with van der Waals surface area (Å²) in [5.41, 5.74) is 4.19. The number of nitrogens with one attached hydrogen (secondary N) is 1. The van der Waals surface area contributed by atoms with Gasteiger partial charge >= 0.3 is 6.18 Å². The van der Waals surface area contributed by atoms with Gasteiger partial charge in [-0.25, -0.2) is 4.39 Å². The van der Waals surface area contributed by atoms with Gasteiger partial charge in [0.15, 0.2) is 0 Å². The van der Waals surface area contributed by atoms with Crippen molar-refractivity contribution in [1.82, 2.24) is 5.32 Å². The van der Waals surface area contributed by atoms with E-state index in [0.717, 1.165) is 32.0 Å². The Balaban J connectivity index is 0.000000647. The number of halogens is 4. The molecule has 0 radical (unpaired) electrons. The van der Waals surface area contributed by atoms with Crippen LogP contribution in [0.3, 0.4) is 0 Å². The second-order valence-electron chi connectivity index (χ2n) is 6.83. The molecule has 1 saturated carbocycles. The number of rotatable bonds is 4. The molecule has 2 nitrogen and oxygen atoms in total. The fraction of sp³-hybridized carbons (Fsp3) is 0.556. The number of hydrogen-bond acceptors (Lipinski definition) is 2. The van der Waals surface area contributed by atoms with E-state index in [-0.39, 0.29) is 5.41 Å². The van der Waals surface area contributed by atoms with E-state index in [1.165, 1.54) is 25.1 Å². The largest absolute Gasteiger partial charge is 0.416 e. The van der Waals surface area contributed by atoms with Crippen LogP contribution in [0, 0.1) is 17.2 Å². The molecule has 1 aliphatic carbocycles. The molecule has 134 valence electrons. The molecular weight excluding hydrogens is 320 g/mol. The Labute approximate surface area is 140 Å². The van der Waals surface area contributed by atoms with Crippen LogP contribution in [0.5, 0.6) is 0 Å².